The van der Waals surface area contributed by atoms with Crippen LogP contribution in [0.3, 0.4) is 0 Å². The highest BCUT2D eigenvalue weighted by Crippen LogP contribution is 2.29. The van der Waals surface area contributed by atoms with Crippen molar-refractivity contribution in [3.8, 4) is 5.75 Å². The Balaban J connectivity index is 1.35. The smallest absolute Gasteiger partial charge is 0.142 e. The lowest BCUT2D eigenvalue weighted by atomic mass is 10.2. The monoisotopic (exact) mass is 369 g/mol. The number of hydrogen-bond donors (Lipinski definition) is 1. The lowest BCUT2D eigenvalue weighted by Crippen LogP contribution is -2.47. The van der Waals surface area contributed by atoms with Gasteiger partial charge in [0.1, 0.15) is 23.7 Å². The topological polar surface area (TPSA) is 62.8 Å². The van der Waals surface area contributed by atoms with E-state index in [9.17, 15) is 0 Å². The van der Waals surface area contributed by atoms with E-state index in [1.807, 2.05) is 18.2 Å². The SMILES string of the molecule is COc1ccccc1N1CCN(c2cc(NCC3CCCO3)ncn2)CC1. The Hall–Kier alpha value is -2.54. The van der Waals surface area contributed by atoms with Gasteiger partial charge in [0.25, 0.3) is 0 Å². The minimum absolute atomic E-state index is 0.299. The maximum Gasteiger partial charge on any atom is 0.142 e. The van der Waals surface area contributed by atoms with E-state index in [1.54, 1.807) is 13.4 Å². The Bertz CT molecular complexity index is 743. The van der Waals surface area contributed by atoms with Gasteiger partial charge < -0.3 is 24.6 Å². The molecule has 1 aromatic carbocycles. The van der Waals surface area contributed by atoms with E-state index in [1.165, 1.54) is 0 Å². The van der Waals surface area contributed by atoms with Gasteiger partial charge in [0.15, 0.2) is 0 Å². The van der Waals surface area contributed by atoms with Gasteiger partial charge in [-0.05, 0) is 25.0 Å². The molecule has 2 aliphatic heterocycles. The van der Waals surface area contributed by atoms with Crippen LogP contribution >= 0.6 is 0 Å². The number of aromatic nitrogens is 2. The van der Waals surface area contributed by atoms with Crippen molar-refractivity contribution in [2.45, 2.75) is 18.9 Å². The number of ether oxygens (including phenoxy) is 2. The molecule has 7 nitrogen and oxygen atoms in total. The minimum Gasteiger partial charge on any atom is -0.495 e. The second kappa shape index (κ2) is 8.43. The average Bonchev–Trinajstić information content (AvgIpc) is 3.26. The van der Waals surface area contributed by atoms with Gasteiger partial charge >= 0.3 is 0 Å². The summed E-state index contributed by atoms with van der Waals surface area (Å²) in [6, 6.07) is 10.2. The van der Waals surface area contributed by atoms with Gasteiger partial charge in [0.2, 0.25) is 0 Å². The fraction of sp³-hybridized carbons (Fsp3) is 0.500. The predicted octanol–water partition coefficient (Wildman–Crippen LogP) is 2.40. The molecule has 7 heteroatoms. The van der Waals surface area contributed by atoms with Crippen LogP contribution in [0.5, 0.6) is 5.75 Å². The molecule has 0 radical (unpaired) electrons. The maximum atomic E-state index is 5.66. The molecule has 3 heterocycles. The van der Waals surface area contributed by atoms with Gasteiger partial charge in [-0.3, -0.25) is 0 Å². The quantitative estimate of drug-likeness (QED) is 0.839. The summed E-state index contributed by atoms with van der Waals surface area (Å²) in [5.41, 5.74) is 1.15. The summed E-state index contributed by atoms with van der Waals surface area (Å²) in [4.78, 5) is 13.5. The molecule has 2 fully saturated rings. The fourth-order valence-corrected chi connectivity index (χ4v) is 3.71. The molecule has 1 N–H and O–H groups in total. The molecule has 2 saturated heterocycles. The zero-order valence-electron chi connectivity index (χ0n) is 15.8. The molecule has 0 saturated carbocycles. The fourth-order valence-electron chi connectivity index (χ4n) is 3.71. The van der Waals surface area contributed by atoms with Crippen molar-refractivity contribution in [1.82, 2.24) is 9.97 Å². The van der Waals surface area contributed by atoms with Gasteiger partial charge in [-0.15, -0.1) is 0 Å². The molecule has 1 aromatic heterocycles. The Morgan fingerprint density at radius 2 is 1.96 bits per heavy atom. The lowest BCUT2D eigenvalue weighted by molar-refractivity contribution is 0.120. The molecule has 2 aromatic rings. The third kappa shape index (κ3) is 4.24. The predicted molar refractivity (Wildman–Crippen MR) is 107 cm³/mol. The second-order valence-electron chi connectivity index (χ2n) is 6.92. The van der Waals surface area contributed by atoms with Crippen molar-refractivity contribution in [2.75, 3.05) is 61.6 Å². The van der Waals surface area contributed by atoms with Crippen molar-refractivity contribution in [2.24, 2.45) is 0 Å². The van der Waals surface area contributed by atoms with Crippen molar-refractivity contribution in [1.29, 1.82) is 0 Å². The molecule has 144 valence electrons. The maximum absolute atomic E-state index is 5.66. The Kier molecular flexibility index (Phi) is 5.58. The molecule has 0 spiro atoms. The summed E-state index contributed by atoms with van der Waals surface area (Å²) in [6.45, 7) is 5.38. The Morgan fingerprint density at radius 1 is 1.15 bits per heavy atom. The van der Waals surface area contributed by atoms with Crippen molar-refractivity contribution < 1.29 is 9.47 Å². The first-order valence-electron chi connectivity index (χ1n) is 9.64. The summed E-state index contributed by atoms with van der Waals surface area (Å²) < 4.78 is 11.2. The van der Waals surface area contributed by atoms with Crippen molar-refractivity contribution >= 4 is 17.3 Å². The van der Waals surface area contributed by atoms with Crippen LogP contribution in [0.2, 0.25) is 0 Å². The molecule has 0 bridgehead atoms. The minimum atomic E-state index is 0.299. The summed E-state index contributed by atoms with van der Waals surface area (Å²) in [7, 11) is 1.72. The molecule has 27 heavy (non-hydrogen) atoms. The van der Waals surface area contributed by atoms with E-state index < -0.39 is 0 Å². The van der Waals surface area contributed by atoms with Crippen LogP contribution in [0.25, 0.3) is 0 Å². The number of rotatable bonds is 6. The first-order chi connectivity index (χ1) is 13.3. The number of hydrogen-bond acceptors (Lipinski definition) is 7. The van der Waals surface area contributed by atoms with E-state index in [-0.39, 0.29) is 0 Å². The molecular weight excluding hydrogens is 342 g/mol. The number of para-hydroxylation sites is 2. The van der Waals surface area contributed by atoms with E-state index in [0.717, 1.165) is 75.2 Å². The van der Waals surface area contributed by atoms with E-state index >= 15 is 0 Å². The summed E-state index contributed by atoms with van der Waals surface area (Å²) >= 11 is 0. The second-order valence-corrected chi connectivity index (χ2v) is 6.92. The number of anilines is 3. The van der Waals surface area contributed by atoms with Gasteiger partial charge in [-0.1, -0.05) is 12.1 Å². The van der Waals surface area contributed by atoms with Crippen molar-refractivity contribution in [3.05, 3.63) is 36.7 Å². The normalized spacial score (nSPS) is 20.0. The molecule has 0 amide bonds. The van der Waals surface area contributed by atoms with Crippen molar-refractivity contribution in [3.63, 3.8) is 0 Å². The van der Waals surface area contributed by atoms with Gasteiger partial charge in [-0.2, -0.15) is 0 Å². The molecule has 1 unspecified atom stereocenters. The van der Waals surface area contributed by atoms with Crippen LogP contribution in [-0.2, 0) is 4.74 Å². The molecule has 2 aliphatic rings. The van der Waals surface area contributed by atoms with Crippen LogP contribution in [0.15, 0.2) is 36.7 Å². The van der Waals surface area contributed by atoms with Gasteiger partial charge in [-0.25, -0.2) is 9.97 Å². The number of methoxy groups -OCH3 is 1. The van der Waals surface area contributed by atoms with Gasteiger partial charge in [0.05, 0.1) is 18.9 Å². The van der Waals surface area contributed by atoms with Crippen LogP contribution in [0.4, 0.5) is 17.3 Å². The first-order valence-corrected chi connectivity index (χ1v) is 9.64. The third-order valence-corrected chi connectivity index (χ3v) is 5.22. The lowest BCUT2D eigenvalue weighted by Gasteiger charge is -2.37. The van der Waals surface area contributed by atoms with Crippen LogP contribution in [0, 0.1) is 0 Å². The average molecular weight is 369 g/mol. The number of piperazine rings is 1. The third-order valence-electron chi connectivity index (χ3n) is 5.22. The summed E-state index contributed by atoms with van der Waals surface area (Å²) in [6.07, 6.45) is 4.21. The van der Waals surface area contributed by atoms with Crippen LogP contribution < -0.4 is 19.9 Å². The largest absolute Gasteiger partial charge is 0.495 e. The first kappa shape index (κ1) is 17.9. The van der Waals surface area contributed by atoms with Crippen LogP contribution in [0.1, 0.15) is 12.8 Å². The standard InChI is InChI=1S/C20H27N5O2/c1-26-18-7-3-2-6-17(18)24-8-10-25(11-9-24)20-13-19(22-15-23-20)21-14-16-5-4-12-27-16/h2-3,6-7,13,15-16H,4-5,8-12,14H2,1H3,(H,21,22,23). The summed E-state index contributed by atoms with van der Waals surface area (Å²) in [5, 5.41) is 3.39. The molecular formula is C20H27N5O2. The highest BCUT2D eigenvalue weighted by Gasteiger charge is 2.21. The Labute approximate surface area is 160 Å². The molecule has 0 aliphatic carbocycles. The van der Waals surface area contributed by atoms with Crippen LogP contribution in [-0.4, -0.2) is 62.5 Å². The van der Waals surface area contributed by atoms with E-state index in [4.69, 9.17) is 9.47 Å². The summed E-state index contributed by atoms with van der Waals surface area (Å²) in [5.74, 6) is 2.76. The molecule has 4 rings (SSSR count). The highest BCUT2D eigenvalue weighted by molar-refractivity contribution is 5.59. The Morgan fingerprint density at radius 3 is 2.74 bits per heavy atom. The van der Waals surface area contributed by atoms with Gasteiger partial charge in [0, 0.05) is 45.4 Å². The van der Waals surface area contributed by atoms with E-state index in [2.05, 4.69) is 37.2 Å². The zero-order chi connectivity index (χ0) is 18.5. The number of nitrogens with one attached hydrogen (secondary N) is 1. The number of nitrogens with zero attached hydrogens (tertiary/aromatic N) is 4. The van der Waals surface area contributed by atoms with E-state index in [0.29, 0.717) is 6.10 Å². The number of benzene rings is 1. The molecule has 1 atom stereocenters. The zero-order valence-corrected chi connectivity index (χ0v) is 15.8. The highest BCUT2D eigenvalue weighted by atomic mass is 16.5.